The molecule has 0 aromatic heterocycles. The van der Waals surface area contributed by atoms with Gasteiger partial charge in [-0.05, 0) is 38.3 Å². The lowest BCUT2D eigenvalue weighted by molar-refractivity contribution is -0.118. The topological polar surface area (TPSA) is 55.1 Å². The molecule has 0 radical (unpaired) electrons. The zero-order valence-electron chi connectivity index (χ0n) is 11.6. The van der Waals surface area contributed by atoms with E-state index in [1.807, 2.05) is 0 Å². The van der Waals surface area contributed by atoms with Gasteiger partial charge in [-0.2, -0.15) is 0 Å². The predicted molar refractivity (Wildman–Crippen MR) is 73.8 cm³/mol. The molecule has 3 nitrogen and oxygen atoms in total. The van der Waals surface area contributed by atoms with Gasteiger partial charge in [0.25, 0.3) is 0 Å². The predicted octanol–water partition coefficient (Wildman–Crippen LogP) is 2.84. The molecule has 0 saturated carbocycles. The van der Waals surface area contributed by atoms with Gasteiger partial charge in [0.05, 0.1) is 0 Å². The first-order chi connectivity index (χ1) is 8.13. The highest BCUT2D eigenvalue weighted by Crippen LogP contribution is 2.08. The summed E-state index contributed by atoms with van der Waals surface area (Å²) >= 11 is 0. The second-order valence-electron chi connectivity index (χ2n) is 5.27. The third-order valence-corrected chi connectivity index (χ3v) is 2.91. The maximum atomic E-state index is 10.5. The van der Waals surface area contributed by atoms with Crippen LogP contribution in [0.3, 0.4) is 0 Å². The van der Waals surface area contributed by atoms with E-state index in [1.165, 1.54) is 32.1 Å². The van der Waals surface area contributed by atoms with Gasteiger partial charge in [-0.1, -0.05) is 39.5 Å². The molecule has 0 bridgehead atoms. The van der Waals surface area contributed by atoms with Gasteiger partial charge in [0.2, 0.25) is 5.91 Å². The van der Waals surface area contributed by atoms with Crippen molar-refractivity contribution in [2.45, 2.75) is 65.2 Å². The monoisotopic (exact) mass is 242 g/mol. The second kappa shape index (κ2) is 11.9. The Kier molecular flexibility index (Phi) is 11.5. The van der Waals surface area contributed by atoms with Crippen molar-refractivity contribution in [3.05, 3.63) is 0 Å². The Morgan fingerprint density at radius 3 is 2.18 bits per heavy atom. The summed E-state index contributed by atoms with van der Waals surface area (Å²) in [5.41, 5.74) is 5.06. The molecular weight excluding hydrogens is 212 g/mol. The molecule has 3 heteroatoms. The van der Waals surface area contributed by atoms with Gasteiger partial charge < -0.3 is 11.1 Å². The van der Waals surface area contributed by atoms with Crippen LogP contribution in [0, 0.1) is 5.92 Å². The lowest BCUT2D eigenvalue weighted by Gasteiger charge is -2.05. The fourth-order valence-electron chi connectivity index (χ4n) is 1.83. The minimum atomic E-state index is -0.185. The number of nitrogens with one attached hydrogen (secondary N) is 1. The molecule has 17 heavy (non-hydrogen) atoms. The number of nitrogens with two attached hydrogens (primary N) is 1. The molecule has 3 N–H and O–H groups in total. The van der Waals surface area contributed by atoms with Crippen molar-refractivity contribution in [3.63, 3.8) is 0 Å². The fourth-order valence-corrected chi connectivity index (χ4v) is 1.83. The van der Waals surface area contributed by atoms with E-state index in [2.05, 4.69) is 19.2 Å². The average Bonchev–Trinajstić information content (AvgIpc) is 2.25. The minimum absolute atomic E-state index is 0.185. The number of rotatable bonds is 12. The lowest BCUT2D eigenvalue weighted by atomic mass is 10.0. The third kappa shape index (κ3) is 15.4. The summed E-state index contributed by atoms with van der Waals surface area (Å²) in [7, 11) is 0. The number of unbranched alkanes of at least 4 members (excludes halogenated alkanes) is 4. The molecule has 0 unspecified atom stereocenters. The van der Waals surface area contributed by atoms with Gasteiger partial charge >= 0.3 is 0 Å². The molecule has 0 fully saturated rings. The first-order valence-electron chi connectivity index (χ1n) is 7.12. The Hall–Kier alpha value is -0.570. The van der Waals surface area contributed by atoms with Crippen LogP contribution in [0.5, 0.6) is 0 Å². The van der Waals surface area contributed by atoms with Crippen LogP contribution >= 0.6 is 0 Å². The highest BCUT2D eigenvalue weighted by Gasteiger charge is 1.95. The standard InChI is InChI=1S/C14H30N2O/c1-13(2)9-5-3-4-7-11-16-12-8-6-10-14(15)17/h13,16H,3-12H2,1-2H3,(H2,15,17). The first kappa shape index (κ1) is 16.4. The number of carbonyl (C=O) groups is 1. The first-order valence-corrected chi connectivity index (χ1v) is 7.12. The summed E-state index contributed by atoms with van der Waals surface area (Å²) in [5, 5.41) is 3.41. The zero-order chi connectivity index (χ0) is 12.9. The molecule has 0 aliphatic carbocycles. The van der Waals surface area contributed by atoms with Crippen LogP contribution in [0.1, 0.15) is 65.2 Å². The number of hydrogen-bond acceptors (Lipinski definition) is 2. The van der Waals surface area contributed by atoms with Crippen molar-refractivity contribution >= 4 is 5.91 Å². The summed E-state index contributed by atoms with van der Waals surface area (Å²) in [6, 6.07) is 0. The molecule has 0 aromatic carbocycles. The number of hydrogen-bond donors (Lipinski definition) is 2. The summed E-state index contributed by atoms with van der Waals surface area (Å²) in [6.07, 6.45) is 9.19. The van der Waals surface area contributed by atoms with Crippen LogP contribution in [-0.4, -0.2) is 19.0 Å². The Balaban J connectivity index is 2.96. The van der Waals surface area contributed by atoms with Crippen molar-refractivity contribution in [1.82, 2.24) is 5.32 Å². The molecule has 0 aliphatic rings. The molecule has 0 rings (SSSR count). The fraction of sp³-hybridized carbons (Fsp3) is 0.929. The Bertz CT molecular complexity index is 181. The molecule has 0 aromatic rings. The number of primary amides is 1. The van der Waals surface area contributed by atoms with E-state index < -0.39 is 0 Å². The summed E-state index contributed by atoms with van der Waals surface area (Å²) in [4.78, 5) is 10.5. The second-order valence-corrected chi connectivity index (χ2v) is 5.27. The minimum Gasteiger partial charge on any atom is -0.370 e. The van der Waals surface area contributed by atoms with E-state index >= 15 is 0 Å². The van der Waals surface area contributed by atoms with Crippen molar-refractivity contribution in [2.75, 3.05) is 13.1 Å². The molecule has 0 heterocycles. The smallest absolute Gasteiger partial charge is 0.217 e. The van der Waals surface area contributed by atoms with Crippen molar-refractivity contribution in [3.8, 4) is 0 Å². The summed E-state index contributed by atoms with van der Waals surface area (Å²) in [6.45, 7) is 6.69. The number of amides is 1. The van der Waals surface area contributed by atoms with Crippen LogP contribution in [0.4, 0.5) is 0 Å². The van der Waals surface area contributed by atoms with E-state index in [1.54, 1.807) is 0 Å². The van der Waals surface area contributed by atoms with Gasteiger partial charge in [-0.25, -0.2) is 0 Å². The molecule has 1 amide bonds. The van der Waals surface area contributed by atoms with Gasteiger partial charge in [0.1, 0.15) is 0 Å². The summed E-state index contributed by atoms with van der Waals surface area (Å²) < 4.78 is 0. The molecule has 0 spiro atoms. The van der Waals surface area contributed by atoms with Gasteiger partial charge in [0.15, 0.2) is 0 Å². The van der Waals surface area contributed by atoms with Crippen LogP contribution in [0.25, 0.3) is 0 Å². The van der Waals surface area contributed by atoms with E-state index in [4.69, 9.17) is 5.73 Å². The third-order valence-electron chi connectivity index (χ3n) is 2.91. The van der Waals surface area contributed by atoms with Crippen LogP contribution < -0.4 is 11.1 Å². The van der Waals surface area contributed by atoms with Crippen LogP contribution in [0.15, 0.2) is 0 Å². The molecular formula is C14H30N2O. The molecule has 102 valence electrons. The quantitative estimate of drug-likeness (QED) is 0.517. The molecule has 0 atom stereocenters. The largest absolute Gasteiger partial charge is 0.370 e. The summed E-state index contributed by atoms with van der Waals surface area (Å²) in [5.74, 6) is 0.661. The highest BCUT2D eigenvalue weighted by atomic mass is 16.1. The SMILES string of the molecule is CC(C)CCCCCCNCCCCC(N)=O. The van der Waals surface area contributed by atoms with Crippen LogP contribution in [-0.2, 0) is 4.79 Å². The van der Waals surface area contributed by atoms with E-state index in [9.17, 15) is 4.79 Å². The maximum absolute atomic E-state index is 10.5. The van der Waals surface area contributed by atoms with Gasteiger partial charge in [0, 0.05) is 6.42 Å². The number of carbonyl (C=O) groups excluding carboxylic acids is 1. The van der Waals surface area contributed by atoms with Gasteiger partial charge in [-0.15, -0.1) is 0 Å². The maximum Gasteiger partial charge on any atom is 0.217 e. The highest BCUT2D eigenvalue weighted by molar-refractivity contribution is 5.73. The van der Waals surface area contributed by atoms with E-state index in [0.717, 1.165) is 31.8 Å². The molecule has 0 aliphatic heterocycles. The molecule has 0 saturated heterocycles. The lowest BCUT2D eigenvalue weighted by Crippen LogP contribution is -2.17. The van der Waals surface area contributed by atoms with Gasteiger partial charge in [-0.3, -0.25) is 4.79 Å². The van der Waals surface area contributed by atoms with Crippen LogP contribution in [0.2, 0.25) is 0 Å². The Labute approximate surface area is 107 Å². The van der Waals surface area contributed by atoms with Crippen molar-refractivity contribution < 1.29 is 4.79 Å². The normalized spacial score (nSPS) is 11.0. The Morgan fingerprint density at radius 1 is 1.00 bits per heavy atom. The average molecular weight is 242 g/mol. The van der Waals surface area contributed by atoms with E-state index in [-0.39, 0.29) is 5.91 Å². The Morgan fingerprint density at radius 2 is 1.59 bits per heavy atom. The van der Waals surface area contributed by atoms with E-state index in [0.29, 0.717) is 6.42 Å². The van der Waals surface area contributed by atoms with Crippen molar-refractivity contribution in [1.29, 1.82) is 0 Å². The van der Waals surface area contributed by atoms with Crippen molar-refractivity contribution in [2.24, 2.45) is 11.7 Å². The zero-order valence-corrected chi connectivity index (χ0v) is 11.6.